The molecule has 178 valence electrons. The number of hydrogen-bond acceptors (Lipinski definition) is 5. The van der Waals surface area contributed by atoms with Gasteiger partial charge in [0, 0.05) is 37.0 Å². The summed E-state index contributed by atoms with van der Waals surface area (Å²) >= 11 is 6.43. The van der Waals surface area contributed by atoms with Crippen molar-refractivity contribution in [2.45, 2.75) is 44.4 Å². The second-order valence-electron chi connectivity index (χ2n) is 8.37. The Morgan fingerprint density at radius 2 is 1.97 bits per heavy atom. The second kappa shape index (κ2) is 10.7. The summed E-state index contributed by atoms with van der Waals surface area (Å²) < 4.78 is 19.1. The molecule has 0 spiro atoms. The molecule has 2 N–H and O–H groups in total. The predicted octanol–water partition coefficient (Wildman–Crippen LogP) is 5.85. The number of nitrogens with zero attached hydrogens (tertiary/aromatic N) is 3. The first-order valence-corrected chi connectivity index (χ1v) is 11.5. The number of halogens is 2. The topological polar surface area (TPSA) is 87.6 Å². The van der Waals surface area contributed by atoms with Gasteiger partial charge in [0.05, 0.1) is 10.7 Å². The third-order valence-corrected chi connectivity index (χ3v) is 6.33. The quantitative estimate of drug-likeness (QED) is 0.437. The molecule has 0 radical (unpaired) electrons. The molecule has 4 rings (SSSR count). The van der Waals surface area contributed by atoms with Crippen LogP contribution in [0.3, 0.4) is 0 Å². The van der Waals surface area contributed by atoms with Crippen molar-refractivity contribution in [3.05, 3.63) is 71.1 Å². The molecular formula is C25H26ClFN4O3. The standard InChI is InChI=1S/C25H26ClFN4O3/c1-31(25(32)33)19-10-8-18(9-11-19)29-23-13-20(21(26)14-28-23)22-6-3-7-24(30-22)34-15-16-4-2-5-17(27)12-16/h2-7,12-14,18-19H,8-11,15H2,1H3,(H,28,29)(H,32,33). The molecule has 1 fully saturated rings. The highest BCUT2D eigenvalue weighted by molar-refractivity contribution is 6.33. The molecule has 3 aromatic rings. The normalized spacial score (nSPS) is 17.7. The number of anilines is 1. The summed E-state index contributed by atoms with van der Waals surface area (Å²) in [4.78, 5) is 21.5. The Hall–Kier alpha value is -3.39. The third-order valence-electron chi connectivity index (χ3n) is 6.03. The minimum absolute atomic E-state index is 0.0450. The fourth-order valence-electron chi connectivity index (χ4n) is 4.12. The molecule has 9 heteroatoms. The van der Waals surface area contributed by atoms with Gasteiger partial charge < -0.3 is 20.1 Å². The molecule has 1 aliphatic carbocycles. The van der Waals surface area contributed by atoms with Crippen molar-refractivity contribution >= 4 is 23.5 Å². The highest BCUT2D eigenvalue weighted by Gasteiger charge is 2.26. The Balaban J connectivity index is 1.42. The monoisotopic (exact) mass is 484 g/mol. The molecule has 1 amide bonds. The van der Waals surface area contributed by atoms with Gasteiger partial charge in [0.15, 0.2) is 0 Å². The van der Waals surface area contributed by atoms with E-state index < -0.39 is 6.09 Å². The van der Waals surface area contributed by atoms with E-state index in [1.54, 1.807) is 31.4 Å². The van der Waals surface area contributed by atoms with Gasteiger partial charge in [-0.2, -0.15) is 0 Å². The van der Waals surface area contributed by atoms with E-state index in [-0.39, 0.29) is 24.5 Å². The van der Waals surface area contributed by atoms with E-state index in [2.05, 4.69) is 15.3 Å². The molecule has 0 saturated heterocycles. The molecule has 0 bridgehead atoms. The van der Waals surface area contributed by atoms with E-state index >= 15 is 0 Å². The highest BCUT2D eigenvalue weighted by atomic mass is 35.5. The number of rotatable bonds is 7. The van der Waals surface area contributed by atoms with Crippen LogP contribution in [0.15, 0.2) is 54.7 Å². The van der Waals surface area contributed by atoms with Crippen LogP contribution in [0.4, 0.5) is 15.0 Å². The molecule has 0 atom stereocenters. The molecule has 1 aromatic carbocycles. The van der Waals surface area contributed by atoms with Crippen LogP contribution >= 0.6 is 11.6 Å². The lowest BCUT2D eigenvalue weighted by Gasteiger charge is -2.33. The first-order valence-electron chi connectivity index (χ1n) is 11.1. The molecule has 7 nitrogen and oxygen atoms in total. The highest BCUT2D eigenvalue weighted by Crippen LogP contribution is 2.31. The van der Waals surface area contributed by atoms with E-state index in [0.717, 1.165) is 31.2 Å². The number of nitrogens with one attached hydrogen (secondary N) is 1. The molecule has 0 unspecified atom stereocenters. The van der Waals surface area contributed by atoms with Crippen molar-refractivity contribution in [2.24, 2.45) is 0 Å². The lowest BCUT2D eigenvalue weighted by Crippen LogP contribution is -2.40. The van der Waals surface area contributed by atoms with Crippen LogP contribution in [0.1, 0.15) is 31.2 Å². The van der Waals surface area contributed by atoms with Gasteiger partial charge in [0.1, 0.15) is 18.2 Å². The molecule has 2 heterocycles. The Labute approximate surface area is 202 Å². The molecule has 2 aromatic heterocycles. The minimum Gasteiger partial charge on any atom is -0.473 e. The largest absolute Gasteiger partial charge is 0.473 e. The number of amides is 1. The predicted molar refractivity (Wildman–Crippen MR) is 129 cm³/mol. The van der Waals surface area contributed by atoms with Gasteiger partial charge in [-0.05, 0) is 55.5 Å². The number of carbonyl (C=O) groups is 1. The Bertz CT molecular complexity index is 1150. The van der Waals surface area contributed by atoms with Crippen molar-refractivity contribution in [1.29, 1.82) is 0 Å². The summed E-state index contributed by atoms with van der Waals surface area (Å²) in [6.45, 7) is 0.199. The summed E-state index contributed by atoms with van der Waals surface area (Å²) in [6, 6.07) is 13.8. The fraction of sp³-hybridized carbons (Fsp3) is 0.320. The van der Waals surface area contributed by atoms with Gasteiger partial charge in [0.25, 0.3) is 0 Å². The van der Waals surface area contributed by atoms with Gasteiger partial charge in [-0.25, -0.2) is 19.2 Å². The zero-order valence-corrected chi connectivity index (χ0v) is 19.5. The van der Waals surface area contributed by atoms with Crippen LogP contribution in [-0.4, -0.2) is 45.2 Å². The molecule has 34 heavy (non-hydrogen) atoms. The SMILES string of the molecule is CN(C(=O)O)C1CCC(Nc2cc(-c3cccc(OCc4cccc(F)c4)n3)c(Cl)cn2)CC1. The van der Waals surface area contributed by atoms with E-state index in [1.807, 2.05) is 18.2 Å². The summed E-state index contributed by atoms with van der Waals surface area (Å²) in [6.07, 6.45) is 3.99. The number of pyridine rings is 2. The van der Waals surface area contributed by atoms with Crippen molar-refractivity contribution in [3.8, 4) is 17.1 Å². The van der Waals surface area contributed by atoms with Crippen LogP contribution in [0.2, 0.25) is 5.02 Å². The maximum absolute atomic E-state index is 13.4. The van der Waals surface area contributed by atoms with Gasteiger partial charge in [-0.1, -0.05) is 29.8 Å². The number of carboxylic acid groups (broad SMARTS) is 1. The van der Waals surface area contributed by atoms with Crippen LogP contribution in [0.5, 0.6) is 5.88 Å². The first kappa shape index (κ1) is 23.8. The van der Waals surface area contributed by atoms with Crippen LogP contribution < -0.4 is 10.1 Å². The van der Waals surface area contributed by atoms with Gasteiger partial charge in [-0.3, -0.25) is 0 Å². The van der Waals surface area contributed by atoms with Gasteiger partial charge in [-0.15, -0.1) is 0 Å². The van der Waals surface area contributed by atoms with Crippen LogP contribution in [0, 0.1) is 5.82 Å². The van der Waals surface area contributed by atoms with E-state index in [0.29, 0.717) is 28.0 Å². The lowest BCUT2D eigenvalue weighted by atomic mass is 9.90. The lowest BCUT2D eigenvalue weighted by molar-refractivity contribution is 0.125. The third kappa shape index (κ3) is 5.94. The van der Waals surface area contributed by atoms with Gasteiger partial charge >= 0.3 is 6.09 Å². The number of hydrogen-bond donors (Lipinski definition) is 2. The summed E-state index contributed by atoms with van der Waals surface area (Å²) in [5, 5.41) is 13.1. The zero-order chi connectivity index (χ0) is 24.1. The van der Waals surface area contributed by atoms with Gasteiger partial charge in [0.2, 0.25) is 5.88 Å². The molecule has 0 aliphatic heterocycles. The zero-order valence-electron chi connectivity index (χ0n) is 18.7. The summed E-state index contributed by atoms with van der Waals surface area (Å²) in [5.74, 6) is 0.779. The summed E-state index contributed by atoms with van der Waals surface area (Å²) in [7, 11) is 1.62. The molecule has 1 aliphatic rings. The first-order chi connectivity index (χ1) is 16.4. The average molecular weight is 485 g/mol. The van der Waals surface area contributed by atoms with Crippen molar-refractivity contribution in [2.75, 3.05) is 12.4 Å². The Kier molecular flexibility index (Phi) is 7.47. The molecular weight excluding hydrogens is 459 g/mol. The maximum Gasteiger partial charge on any atom is 0.407 e. The second-order valence-corrected chi connectivity index (χ2v) is 8.78. The van der Waals surface area contributed by atoms with Crippen molar-refractivity contribution in [1.82, 2.24) is 14.9 Å². The Morgan fingerprint density at radius 1 is 1.21 bits per heavy atom. The number of aromatic nitrogens is 2. The Morgan fingerprint density at radius 3 is 2.71 bits per heavy atom. The smallest absolute Gasteiger partial charge is 0.407 e. The minimum atomic E-state index is -0.893. The number of benzene rings is 1. The maximum atomic E-state index is 13.4. The van der Waals surface area contributed by atoms with E-state index in [1.165, 1.54) is 17.0 Å². The van der Waals surface area contributed by atoms with Crippen LogP contribution in [0.25, 0.3) is 11.3 Å². The fourth-order valence-corrected chi connectivity index (χ4v) is 4.32. The van der Waals surface area contributed by atoms with Crippen molar-refractivity contribution < 1.29 is 19.0 Å². The van der Waals surface area contributed by atoms with E-state index in [9.17, 15) is 14.3 Å². The summed E-state index contributed by atoms with van der Waals surface area (Å²) in [5.41, 5.74) is 2.07. The molecule has 1 saturated carbocycles. The van der Waals surface area contributed by atoms with E-state index in [4.69, 9.17) is 16.3 Å². The number of ether oxygens (including phenoxy) is 1. The van der Waals surface area contributed by atoms with Crippen molar-refractivity contribution in [3.63, 3.8) is 0 Å². The van der Waals surface area contributed by atoms with Crippen LogP contribution in [-0.2, 0) is 6.61 Å². The average Bonchev–Trinajstić information content (AvgIpc) is 2.84.